The molecule has 3 aromatic rings. The summed E-state index contributed by atoms with van der Waals surface area (Å²) >= 11 is 0. The molecular weight excluding hydrogens is 326 g/mol. The van der Waals surface area contributed by atoms with E-state index in [0.717, 1.165) is 16.5 Å². The molecule has 1 saturated heterocycles. The van der Waals surface area contributed by atoms with Crippen LogP contribution in [-0.2, 0) is 4.79 Å². The molecule has 0 spiro atoms. The lowest BCUT2D eigenvalue weighted by Crippen LogP contribution is -2.32. The maximum Gasteiger partial charge on any atom is 0.253 e. The lowest BCUT2D eigenvalue weighted by atomic mass is 9.93. The smallest absolute Gasteiger partial charge is 0.253 e. The molecule has 0 aliphatic carbocycles. The molecule has 5 nitrogen and oxygen atoms in total. The molecule has 5 heteroatoms. The number of hydrogen-bond acceptors (Lipinski definition) is 2. The Hall–Kier alpha value is -3.08. The van der Waals surface area contributed by atoms with Crippen molar-refractivity contribution in [2.45, 2.75) is 12.5 Å². The topological polar surface area (TPSA) is 65.2 Å². The molecule has 26 heavy (non-hydrogen) atoms. The maximum absolute atomic E-state index is 12.7. The van der Waals surface area contributed by atoms with Gasteiger partial charge in [0.1, 0.15) is 0 Å². The minimum atomic E-state index is -0.119. The highest BCUT2D eigenvalue weighted by molar-refractivity contribution is 6.05. The molecule has 1 aromatic heterocycles. The summed E-state index contributed by atoms with van der Waals surface area (Å²) in [5.41, 5.74) is 2.57. The van der Waals surface area contributed by atoms with E-state index in [1.54, 1.807) is 4.90 Å². The van der Waals surface area contributed by atoms with Gasteiger partial charge in [0.2, 0.25) is 5.91 Å². The maximum atomic E-state index is 12.7. The largest absolute Gasteiger partial charge is 0.361 e. The van der Waals surface area contributed by atoms with Gasteiger partial charge in [-0.3, -0.25) is 9.59 Å². The van der Waals surface area contributed by atoms with Gasteiger partial charge in [-0.2, -0.15) is 0 Å². The van der Waals surface area contributed by atoms with E-state index in [2.05, 4.69) is 10.3 Å². The quantitative estimate of drug-likeness (QED) is 0.762. The molecule has 0 bridgehead atoms. The summed E-state index contributed by atoms with van der Waals surface area (Å²) in [6.07, 6.45) is 2.28. The zero-order chi connectivity index (χ0) is 18.1. The average molecular weight is 347 g/mol. The van der Waals surface area contributed by atoms with Crippen LogP contribution in [0.3, 0.4) is 0 Å². The van der Waals surface area contributed by atoms with Crippen LogP contribution in [0.2, 0.25) is 0 Å². The van der Waals surface area contributed by atoms with Crippen LogP contribution in [0.1, 0.15) is 28.4 Å². The molecule has 0 saturated carbocycles. The van der Waals surface area contributed by atoms with Gasteiger partial charge < -0.3 is 15.2 Å². The molecule has 2 aromatic carbocycles. The van der Waals surface area contributed by atoms with E-state index in [0.29, 0.717) is 18.5 Å². The highest BCUT2D eigenvalue weighted by Crippen LogP contribution is 2.36. The average Bonchev–Trinajstić information content (AvgIpc) is 3.25. The van der Waals surface area contributed by atoms with E-state index in [-0.39, 0.29) is 23.8 Å². The van der Waals surface area contributed by atoms with Gasteiger partial charge in [0.15, 0.2) is 0 Å². The van der Waals surface area contributed by atoms with Crippen molar-refractivity contribution < 1.29 is 9.59 Å². The lowest BCUT2D eigenvalue weighted by Gasteiger charge is -2.25. The summed E-state index contributed by atoms with van der Waals surface area (Å²) in [4.78, 5) is 29.8. The Bertz CT molecular complexity index is 948. The molecule has 2 atom stereocenters. The Morgan fingerprint density at radius 1 is 1.15 bits per heavy atom. The summed E-state index contributed by atoms with van der Waals surface area (Å²) in [6, 6.07) is 17.6. The zero-order valence-electron chi connectivity index (χ0n) is 14.6. The van der Waals surface area contributed by atoms with Crippen LogP contribution in [0.25, 0.3) is 10.9 Å². The number of likely N-dealkylation sites (tertiary alicyclic amines) is 1. The Labute approximate surface area is 152 Å². The third-order valence-electron chi connectivity index (χ3n) is 5.19. The van der Waals surface area contributed by atoms with Gasteiger partial charge in [0.25, 0.3) is 5.91 Å². The van der Waals surface area contributed by atoms with E-state index in [4.69, 9.17) is 0 Å². The number of nitrogens with one attached hydrogen (secondary N) is 2. The number of carbonyl (C=O) groups is 2. The van der Waals surface area contributed by atoms with Crippen LogP contribution in [0.5, 0.6) is 0 Å². The first kappa shape index (κ1) is 16.4. The number of benzene rings is 2. The SMILES string of the molecule is CN1C(=O)C[C@@H](CNC(=O)c2cccc3cc[nH]c23)[C@H]1c1ccccc1. The number of nitrogens with zero attached hydrogens (tertiary/aromatic N) is 1. The highest BCUT2D eigenvalue weighted by atomic mass is 16.2. The van der Waals surface area contributed by atoms with Crippen molar-refractivity contribution in [1.29, 1.82) is 0 Å². The minimum absolute atomic E-state index is 0.00900. The van der Waals surface area contributed by atoms with Crippen molar-refractivity contribution in [3.05, 3.63) is 71.9 Å². The monoisotopic (exact) mass is 347 g/mol. The number of amides is 2. The first-order valence-electron chi connectivity index (χ1n) is 8.80. The number of carbonyl (C=O) groups excluding carboxylic acids is 2. The summed E-state index contributed by atoms with van der Waals surface area (Å²) in [7, 11) is 1.83. The second kappa shape index (κ2) is 6.67. The zero-order valence-corrected chi connectivity index (χ0v) is 14.6. The van der Waals surface area contributed by atoms with Crippen molar-refractivity contribution in [3.8, 4) is 0 Å². The highest BCUT2D eigenvalue weighted by Gasteiger charge is 2.38. The number of aromatic nitrogens is 1. The van der Waals surface area contributed by atoms with Crippen LogP contribution in [-0.4, -0.2) is 35.3 Å². The third-order valence-corrected chi connectivity index (χ3v) is 5.19. The summed E-state index contributed by atoms with van der Waals surface area (Å²) in [5.74, 6) is 0.0538. The van der Waals surface area contributed by atoms with E-state index >= 15 is 0 Å². The minimum Gasteiger partial charge on any atom is -0.361 e. The van der Waals surface area contributed by atoms with Crippen molar-refractivity contribution >= 4 is 22.7 Å². The Kier molecular flexibility index (Phi) is 4.21. The Balaban J connectivity index is 1.52. The predicted octanol–water partition coefficient (Wildman–Crippen LogP) is 3.12. The molecular formula is C21H21N3O2. The normalized spacial score (nSPS) is 19.9. The number of hydrogen-bond donors (Lipinski definition) is 2. The van der Waals surface area contributed by atoms with Crippen LogP contribution in [0.15, 0.2) is 60.8 Å². The number of aromatic amines is 1. The van der Waals surface area contributed by atoms with Crippen LogP contribution in [0.4, 0.5) is 0 Å². The van der Waals surface area contributed by atoms with Crippen LogP contribution >= 0.6 is 0 Å². The molecule has 1 aliphatic rings. The van der Waals surface area contributed by atoms with E-state index in [9.17, 15) is 9.59 Å². The van der Waals surface area contributed by atoms with E-state index in [1.807, 2.05) is 67.8 Å². The first-order chi connectivity index (χ1) is 12.6. The van der Waals surface area contributed by atoms with E-state index in [1.165, 1.54) is 0 Å². The number of fused-ring (bicyclic) bond motifs is 1. The summed E-state index contributed by atoms with van der Waals surface area (Å²) in [5, 5.41) is 4.04. The fourth-order valence-corrected chi connectivity index (χ4v) is 3.87. The van der Waals surface area contributed by atoms with Gasteiger partial charge in [-0.05, 0) is 17.7 Å². The van der Waals surface area contributed by atoms with Gasteiger partial charge in [-0.1, -0.05) is 42.5 Å². The molecule has 132 valence electrons. The van der Waals surface area contributed by atoms with Gasteiger partial charge in [0.05, 0.1) is 17.1 Å². The summed E-state index contributed by atoms with van der Waals surface area (Å²) < 4.78 is 0. The second-order valence-electron chi connectivity index (χ2n) is 6.78. The number of para-hydroxylation sites is 1. The second-order valence-corrected chi connectivity index (χ2v) is 6.78. The summed E-state index contributed by atoms with van der Waals surface area (Å²) in [6.45, 7) is 0.464. The molecule has 0 unspecified atom stereocenters. The molecule has 1 aliphatic heterocycles. The number of H-pyrrole nitrogens is 1. The Morgan fingerprint density at radius 3 is 2.77 bits per heavy atom. The fourth-order valence-electron chi connectivity index (χ4n) is 3.87. The van der Waals surface area contributed by atoms with Gasteiger partial charge >= 0.3 is 0 Å². The van der Waals surface area contributed by atoms with Crippen molar-refractivity contribution in [2.24, 2.45) is 5.92 Å². The third kappa shape index (κ3) is 2.86. The molecule has 0 radical (unpaired) electrons. The van der Waals surface area contributed by atoms with Gasteiger partial charge in [-0.25, -0.2) is 0 Å². The fraction of sp³-hybridized carbons (Fsp3) is 0.238. The Morgan fingerprint density at radius 2 is 1.96 bits per heavy atom. The van der Waals surface area contributed by atoms with Crippen LogP contribution < -0.4 is 5.32 Å². The lowest BCUT2D eigenvalue weighted by molar-refractivity contribution is -0.127. The first-order valence-corrected chi connectivity index (χ1v) is 8.80. The molecule has 2 N–H and O–H groups in total. The van der Waals surface area contributed by atoms with E-state index < -0.39 is 0 Å². The van der Waals surface area contributed by atoms with Crippen molar-refractivity contribution in [3.63, 3.8) is 0 Å². The predicted molar refractivity (Wildman–Crippen MR) is 101 cm³/mol. The number of rotatable bonds is 4. The van der Waals surface area contributed by atoms with Crippen LogP contribution in [0, 0.1) is 5.92 Å². The molecule has 1 fully saturated rings. The van der Waals surface area contributed by atoms with Gasteiger partial charge in [0, 0.05) is 37.5 Å². The standard InChI is InChI=1S/C21H21N3O2/c1-24-18(25)12-16(20(24)15-6-3-2-4-7-15)13-23-21(26)17-9-5-8-14-10-11-22-19(14)17/h2-11,16,20,22H,12-13H2,1H3,(H,23,26)/t16-,20+/m0/s1. The van der Waals surface area contributed by atoms with Crippen molar-refractivity contribution in [2.75, 3.05) is 13.6 Å². The molecule has 2 heterocycles. The molecule has 2 amide bonds. The molecule has 4 rings (SSSR count). The van der Waals surface area contributed by atoms with Gasteiger partial charge in [-0.15, -0.1) is 0 Å². The van der Waals surface area contributed by atoms with Crippen molar-refractivity contribution in [1.82, 2.24) is 15.2 Å².